The number of carbonyl (C=O) groups excluding carboxylic acids is 2. The number of aromatic nitrogens is 1. The predicted molar refractivity (Wildman–Crippen MR) is 103 cm³/mol. The number of rotatable bonds is 5. The Balaban J connectivity index is 1.38. The minimum atomic E-state index is -0.520. The van der Waals surface area contributed by atoms with Crippen molar-refractivity contribution in [2.24, 2.45) is 5.92 Å². The number of morpholine rings is 1. The standard InChI is InChI=1S/C20H28N4O4/c1-14(19(25)21-12-15-4-8-27-9-5-15)24-13-16-2-3-17(22-18(16)20(24)26)23-6-10-28-11-7-23/h2-3,14-15H,4-13H2,1H3,(H,21,25)/t14-/m1/s1. The number of hydrogen-bond acceptors (Lipinski definition) is 6. The lowest BCUT2D eigenvalue weighted by molar-refractivity contribution is -0.125. The topological polar surface area (TPSA) is 84.0 Å². The van der Waals surface area contributed by atoms with Crippen molar-refractivity contribution in [3.63, 3.8) is 0 Å². The normalized spacial score (nSPS) is 21.5. The number of anilines is 1. The summed E-state index contributed by atoms with van der Waals surface area (Å²) in [6, 6.07) is 3.39. The maximum atomic E-state index is 12.9. The maximum Gasteiger partial charge on any atom is 0.273 e. The van der Waals surface area contributed by atoms with Gasteiger partial charge in [-0.15, -0.1) is 0 Å². The van der Waals surface area contributed by atoms with E-state index in [-0.39, 0.29) is 11.8 Å². The molecule has 28 heavy (non-hydrogen) atoms. The third-order valence-electron chi connectivity index (χ3n) is 5.86. The Bertz CT molecular complexity index is 729. The fourth-order valence-electron chi connectivity index (χ4n) is 3.95. The Labute approximate surface area is 165 Å². The number of ether oxygens (including phenoxy) is 2. The van der Waals surface area contributed by atoms with E-state index in [2.05, 4.69) is 15.2 Å². The van der Waals surface area contributed by atoms with Gasteiger partial charge in [0.1, 0.15) is 17.6 Å². The van der Waals surface area contributed by atoms with E-state index < -0.39 is 6.04 Å². The summed E-state index contributed by atoms with van der Waals surface area (Å²) >= 11 is 0. The van der Waals surface area contributed by atoms with Crippen molar-refractivity contribution >= 4 is 17.6 Å². The second kappa shape index (κ2) is 8.45. The van der Waals surface area contributed by atoms with Gasteiger partial charge in [0.15, 0.2) is 0 Å². The van der Waals surface area contributed by atoms with Gasteiger partial charge < -0.3 is 24.6 Å². The molecule has 3 aliphatic rings. The molecule has 2 fully saturated rings. The molecule has 0 saturated carbocycles. The third kappa shape index (κ3) is 3.98. The number of carbonyl (C=O) groups is 2. The summed E-state index contributed by atoms with van der Waals surface area (Å²) in [7, 11) is 0. The molecule has 4 rings (SSSR count). The van der Waals surface area contributed by atoms with Gasteiger partial charge in [0.05, 0.1) is 13.2 Å². The predicted octanol–water partition coefficient (Wildman–Crippen LogP) is 0.805. The van der Waals surface area contributed by atoms with E-state index in [1.54, 1.807) is 11.8 Å². The SMILES string of the molecule is C[C@H](C(=O)NCC1CCOCC1)N1Cc2ccc(N3CCOCC3)nc2C1=O. The molecule has 1 atom stereocenters. The highest BCUT2D eigenvalue weighted by Crippen LogP contribution is 2.26. The van der Waals surface area contributed by atoms with E-state index in [1.807, 2.05) is 12.1 Å². The van der Waals surface area contributed by atoms with Crippen LogP contribution in [0, 0.1) is 5.92 Å². The number of nitrogens with zero attached hydrogens (tertiary/aromatic N) is 3. The Kier molecular flexibility index (Phi) is 5.77. The second-order valence-corrected chi connectivity index (χ2v) is 7.69. The summed E-state index contributed by atoms with van der Waals surface area (Å²) in [5.74, 6) is 0.975. The molecule has 0 bridgehead atoms. The Morgan fingerprint density at radius 1 is 1.21 bits per heavy atom. The van der Waals surface area contributed by atoms with Crippen LogP contribution < -0.4 is 10.2 Å². The molecule has 0 unspecified atom stereocenters. The molecule has 1 aromatic heterocycles. The summed E-state index contributed by atoms with van der Waals surface area (Å²) in [5, 5.41) is 3.01. The highest BCUT2D eigenvalue weighted by atomic mass is 16.5. The fraction of sp³-hybridized carbons (Fsp3) is 0.650. The van der Waals surface area contributed by atoms with Crippen LogP contribution in [0.5, 0.6) is 0 Å². The van der Waals surface area contributed by atoms with Gasteiger partial charge in [-0.3, -0.25) is 9.59 Å². The van der Waals surface area contributed by atoms with Crippen molar-refractivity contribution in [1.29, 1.82) is 0 Å². The first-order valence-corrected chi connectivity index (χ1v) is 10.1. The first-order valence-electron chi connectivity index (χ1n) is 10.1. The summed E-state index contributed by atoms with van der Waals surface area (Å²) in [6.45, 7) is 7.25. The molecule has 0 aliphatic carbocycles. The zero-order valence-electron chi connectivity index (χ0n) is 16.4. The van der Waals surface area contributed by atoms with E-state index >= 15 is 0 Å². The van der Waals surface area contributed by atoms with Crippen LogP contribution in [0.3, 0.4) is 0 Å². The molecule has 1 N–H and O–H groups in total. The van der Waals surface area contributed by atoms with Gasteiger partial charge >= 0.3 is 0 Å². The molecule has 8 nitrogen and oxygen atoms in total. The van der Waals surface area contributed by atoms with Crippen LogP contribution in [0.4, 0.5) is 5.82 Å². The lowest BCUT2D eigenvalue weighted by Gasteiger charge is -2.28. The molecule has 4 heterocycles. The lowest BCUT2D eigenvalue weighted by atomic mass is 10.0. The molecule has 8 heteroatoms. The first kappa shape index (κ1) is 19.1. The molecule has 2 amide bonds. The minimum absolute atomic E-state index is 0.110. The molecule has 0 aromatic carbocycles. The fourth-order valence-corrected chi connectivity index (χ4v) is 3.95. The number of hydrogen-bond donors (Lipinski definition) is 1. The highest BCUT2D eigenvalue weighted by Gasteiger charge is 2.35. The van der Waals surface area contributed by atoms with Crippen LogP contribution in [0.25, 0.3) is 0 Å². The van der Waals surface area contributed by atoms with Gasteiger partial charge in [-0.2, -0.15) is 0 Å². The van der Waals surface area contributed by atoms with Crippen molar-refractivity contribution in [3.8, 4) is 0 Å². The van der Waals surface area contributed by atoms with Gasteiger partial charge in [0, 0.05) is 45.0 Å². The Morgan fingerprint density at radius 2 is 1.93 bits per heavy atom. The van der Waals surface area contributed by atoms with Crippen molar-refractivity contribution < 1.29 is 19.1 Å². The third-order valence-corrected chi connectivity index (χ3v) is 5.86. The maximum absolute atomic E-state index is 12.9. The smallest absolute Gasteiger partial charge is 0.273 e. The number of pyridine rings is 1. The highest BCUT2D eigenvalue weighted by molar-refractivity contribution is 5.99. The van der Waals surface area contributed by atoms with E-state index in [4.69, 9.17) is 9.47 Å². The summed E-state index contributed by atoms with van der Waals surface area (Å²) < 4.78 is 10.7. The molecule has 0 spiro atoms. The number of fused-ring (bicyclic) bond motifs is 1. The van der Waals surface area contributed by atoms with Crippen molar-refractivity contribution in [2.45, 2.75) is 32.4 Å². The monoisotopic (exact) mass is 388 g/mol. The lowest BCUT2D eigenvalue weighted by Crippen LogP contribution is -2.46. The van der Waals surface area contributed by atoms with Crippen LogP contribution >= 0.6 is 0 Å². The minimum Gasteiger partial charge on any atom is -0.381 e. The summed E-state index contributed by atoms with van der Waals surface area (Å²) in [4.78, 5) is 33.9. The second-order valence-electron chi connectivity index (χ2n) is 7.69. The van der Waals surface area contributed by atoms with Crippen LogP contribution in [0.2, 0.25) is 0 Å². The number of nitrogens with one attached hydrogen (secondary N) is 1. The zero-order chi connectivity index (χ0) is 19.5. The quantitative estimate of drug-likeness (QED) is 0.804. The van der Waals surface area contributed by atoms with Gasteiger partial charge in [-0.05, 0) is 31.7 Å². The Hall–Kier alpha value is -2.19. The summed E-state index contributed by atoms with van der Waals surface area (Å²) in [6.07, 6.45) is 1.94. The Morgan fingerprint density at radius 3 is 2.68 bits per heavy atom. The van der Waals surface area contributed by atoms with Crippen LogP contribution in [-0.2, 0) is 20.8 Å². The average molecular weight is 388 g/mol. The van der Waals surface area contributed by atoms with Crippen LogP contribution in [0.1, 0.15) is 35.8 Å². The van der Waals surface area contributed by atoms with E-state index in [0.29, 0.717) is 37.9 Å². The van der Waals surface area contributed by atoms with E-state index in [1.165, 1.54) is 0 Å². The molecule has 1 aromatic rings. The largest absolute Gasteiger partial charge is 0.381 e. The van der Waals surface area contributed by atoms with Crippen molar-refractivity contribution in [1.82, 2.24) is 15.2 Å². The molecule has 0 radical (unpaired) electrons. The molecular formula is C20H28N4O4. The van der Waals surface area contributed by atoms with E-state index in [0.717, 1.165) is 50.5 Å². The van der Waals surface area contributed by atoms with Gasteiger partial charge in [-0.25, -0.2) is 4.98 Å². The molecule has 3 aliphatic heterocycles. The van der Waals surface area contributed by atoms with Gasteiger partial charge in [0.25, 0.3) is 5.91 Å². The van der Waals surface area contributed by atoms with Crippen LogP contribution in [0.15, 0.2) is 12.1 Å². The zero-order valence-corrected chi connectivity index (χ0v) is 16.4. The molecule has 2 saturated heterocycles. The van der Waals surface area contributed by atoms with Gasteiger partial charge in [-0.1, -0.05) is 6.07 Å². The number of amides is 2. The van der Waals surface area contributed by atoms with Crippen LogP contribution in [-0.4, -0.2) is 73.8 Å². The van der Waals surface area contributed by atoms with Crippen molar-refractivity contribution in [2.75, 3.05) is 51.0 Å². The average Bonchev–Trinajstić information content (AvgIpc) is 3.08. The first-order chi connectivity index (χ1) is 13.6. The molecular weight excluding hydrogens is 360 g/mol. The molecule has 152 valence electrons. The van der Waals surface area contributed by atoms with Gasteiger partial charge in [0.2, 0.25) is 5.91 Å². The summed E-state index contributed by atoms with van der Waals surface area (Å²) in [5.41, 5.74) is 1.35. The van der Waals surface area contributed by atoms with Crippen molar-refractivity contribution in [3.05, 3.63) is 23.4 Å². The van der Waals surface area contributed by atoms with E-state index in [9.17, 15) is 9.59 Å².